The number of alkyl halides is 1. The Morgan fingerprint density at radius 2 is 2.40 bits per heavy atom. The first-order chi connectivity index (χ1) is 4.74. The SMILES string of the molecule is O=c1cc(Cl)cnn1CCl. The molecule has 3 nitrogen and oxygen atoms in total. The van der Waals surface area contributed by atoms with Gasteiger partial charge in [0.15, 0.2) is 0 Å². The fraction of sp³-hybridized carbons (Fsp3) is 0.200. The summed E-state index contributed by atoms with van der Waals surface area (Å²) in [6.45, 7) is 0. The van der Waals surface area contributed by atoms with Crippen LogP contribution in [-0.4, -0.2) is 9.78 Å². The molecule has 0 aromatic carbocycles. The molecule has 0 saturated heterocycles. The standard InChI is InChI=1S/C5H4Cl2N2O/c6-3-9-5(10)1-4(7)2-8-9/h1-2H,3H2. The summed E-state index contributed by atoms with van der Waals surface area (Å²) < 4.78 is 1.10. The Hall–Kier alpha value is -0.540. The van der Waals surface area contributed by atoms with Crippen molar-refractivity contribution in [2.75, 3.05) is 0 Å². The van der Waals surface area contributed by atoms with Gasteiger partial charge in [0, 0.05) is 6.07 Å². The van der Waals surface area contributed by atoms with E-state index in [9.17, 15) is 4.79 Å². The first kappa shape index (κ1) is 7.57. The smallest absolute Gasteiger partial charge is 0.268 e. The molecule has 5 heteroatoms. The molecule has 1 heterocycles. The minimum Gasteiger partial charge on any atom is -0.268 e. The number of hydrogen-bond acceptors (Lipinski definition) is 2. The molecule has 0 aliphatic rings. The van der Waals surface area contributed by atoms with Crippen molar-refractivity contribution in [3.8, 4) is 0 Å². The van der Waals surface area contributed by atoms with Crippen LogP contribution >= 0.6 is 23.2 Å². The lowest BCUT2D eigenvalue weighted by atomic mass is 10.6. The van der Waals surface area contributed by atoms with Crippen molar-refractivity contribution in [3.05, 3.63) is 27.6 Å². The van der Waals surface area contributed by atoms with E-state index >= 15 is 0 Å². The number of rotatable bonds is 1. The van der Waals surface area contributed by atoms with Crippen LogP contribution < -0.4 is 5.56 Å². The van der Waals surface area contributed by atoms with E-state index in [-0.39, 0.29) is 11.6 Å². The monoisotopic (exact) mass is 178 g/mol. The van der Waals surface area contributed by atoms with Gasteiger partial charge in [-0.2, -0.15) is 5.10 Å². The van der Waals surface area contributed by atoms with Crippen molar-refractivity contribution in [1.29, 1.82) is 0 Å². The van der Waals surface area contributed by atoms with Crippen LogP contribution in [0.25, 0.3) is 0 Å². The lowest BCUT2D eigenvalue weighted by Crippen LogP contribution is -2.19. The normalized spacial score (nSPS) is 9.80. The quantitative estimate of drug-likeness (QED) is 0.604. The highest BCUT2D eigenvalue weighted by Crippen LogP contribution is 1.99. The van der Waals surface area contributed by atoms with Crippen LogP contribution in [0.1, 0.15) is 0 Å². The summed E-state index contributed by atoms with van der Waals surface area (Å²) in [4.78, 5) is 10.8. The summed E-state index contributed by atoms with van der Waals surface area (Å²) >= 11 is 10.8. The second-order valence-corrected chi connectivity index (χ2v) is 2.31. The fourth-order valence-corrected chi connectivity index (χ4v) is 0.818. The average Bonchev–Trinajstić information content (AvgIpc) is 1.88. The molecular weight excluding hydrogens is 175 g/mol. The van der Waals surface area contributed by atoms with E-state index in [1.165, 1.54) is 12.3 Å². The Kier molecular flexibility index (Phi) is 2.29. The van der Waals surface area contributed by atoms with Gasteiger partial charge >= 0.3 is 0 Å². The van der Waals surface area contributed by atoms with E-state index in [1.807, 2.05) is 0 Å². The molecule has 0 spiro atoms. The Labute approximate surface area is 67.2 Å². The third kappa shape index (κ3) is 1.49. The van der Waals surface area contributed by atoms with Gasteiger partial charge in [0.2, 0.25) is 0 Å². The highest BCUT2D eigenvalue weighted by molar-refractivity contribution is 6.30. The van der Waals surface area contributed by atoms with E-state index in [4.69, 9.17) is 23.2 Å². The van der Waals surface area contributed by atoms with Crippen LogP contribution in [0.3, 0.4) is 0 Å². The van der Waals surface area contributed by atoms with Gasteiger partial charge in [-0.25, -0.2) is 4.68 Å². The third-order valence-corrected chi connectivity index (χ3v) is 1.38. The van der Waals surface area contributed by atoms with Crippen LogP contribution in [0.5, 0.6) is 0 Å². The second-order valence-electron chi connectivity index (χ2n) is 1.63. The molecule has 0 amide bonds. The second kappa shape index (κ2) is 3.03. The van der Waals surface area contributed by atoms with E-state index in [0.29, 0.717) is 5.02 Å². The summed E-state index contributed by atoms with van der Waals surface area (Å²) in [5, 5.41) is 3.96. The summed E-state index contributed by atoms with van der Waals surface area (Å²) in [5.74, 6) is 0. The maximum atomic E-state index is 10.8. The zero-order valence-corrected chi connectivity index (χ0v) is 6.43. The van der Waals surface area contributed by atoms with Gasteiger partial charge in [0.25, 0.3) is 5.56 Å². The predicted octanol–water partition coefficient (Wildman–Crippen LogP) is 1.09. The minimum absolute atomic E-state index is 0.0516. The highest BCUT2D eigenvalue weighted by atomic mass is 35.5. The summed E-state index contributed by atoms with van der Waals surface area (Å²) in [6.07, 6.45) is 1.37. The summed E-state index contributed by atoms with van der Waals surface area (Å²) in [7, 11) is 0. The lowest BCUT2D eigenvalue weighted by molar-refractivity contribution is 0.687. The third-order valence-electron chi connectivity index (χ3n) is 0.949. The van der Waals surface area contributed by atoms with Crippen LogP contribution in [-0.2, 0) is 6.00 Å². The Morgan fingerprint density at radius 1 is 1.70 bits per heavy atom. The first-order valence-electron chi connectivity index (χ1n) is 2.52. The number of aromatic nitrogens is 2. The van der Waals surface area contributed by atoms with Gasteiger partial charge in [0.05, 0.1) is 11.2 Å². The molecule has 0 bridgehead atoms. The van der Waals surface area contributed by atoms with Crippen molar-refractivity contribution < 1.29 is 0 Å². The van der Waals surface area contributed by atoms with Crippen LogP contribution in [0.2, 0.25) is 5.02 Å². The largest absolute Gasteiger partial charge is 0.269 e. The Morgan fingerprint density at radius 3 is 2.90 bits per heavy atom. The number of hydrogen-bond donors (Lipinski definition) is 0. The summed E-state index contributed by atoms with van der Waals surface area (Å²) in [5.41, 5.74) is -0.289. The predicted molar refractivity (Wildman–Crippen MR) is 39.4 cm³/mol. The number of nitrogens with zero attached hydrogens (tertiary/aromatic N) is 2. The van der Waals surface area contributed by atoms with Crippen molar-refractivity contribution in [2.24, 2.45) is 0 Å². The molecule has 1 aromatic heterocycles. The molecule has 0 saturated carbocycles. The molecule has 1 aromatic rings. The lowest BCUT2D eigenvalue weighted by Gasteiger charge is -1.95. The zero-order valence-electron chi connectivity index (χ0n) is 4.92. The molecule has 0 radical (unpaired) electrons. The summed E-state index contributed by atoms with van der Waals surface area (Å²) in [6, 6.07) is 1.31. The first-order valence-corrected chi connectivity index (χ1v) is 3.44. The van der Waals surface area contributed by atoms with Gasteiger partial charge < -0.3 is 0 Å². The van der Waals surface area contributed by atoms with Crippen molar-refractivity contribution >= 4 is 23.2 Å². The molecule has 1 rings (SSSR count). The van der Waals surface area contributed by atoms with Gasteiger partial charge in [-0.3, -0.25) is 4.79 Å². The molecule has 0 atom stereocenters. The maximum Gasteiger partial charge on any atom is 0.269 e. The molecule has 10 heavy (non-hydrogen) atoms. The van der Waals surface area contributed by atoms with E-state index in [1.54, 1.807) is 0 Å². The molecule has 0 aliphatic heterocycles. The maximum absolute atomic E-state index is 10.8. The minimum atomic E-state index is -0.289. The van der Waals surface area contributed by atoms with Crippen LogP contribution in [0.15, 0.2) is 17.1 Å². The number of halogens is 2. The molecule has 0 N–H and O–H groups in total. The fourth-order valence-electron chi connectivity index (χ4n) is 0.501. The van der Waals surface area contributed by atoms with Crippen LogP contribution in [0.4, 0.5) is 0 Å². The Balaban J connectivity index is 3.20. The average molecular weight is 179 g/mol. The zero-order chi connectivity index (χ0) is 7.56. The van der Waals surface area contributed by atoms with Crippen molar-refractivity contribution in [2.45, 2.75) is 6.00 Å². The van der Waals surface area contributed by atoms with Gasteiger partial charge in [0.1, 0.15) is 6.00 Å². The van der Waals surface area contributed by atoms with Crippen molar-refractivity contribution in [1.82, 2.24) is 9.78 Å². The van der Waals surface area contributed by atoms with E-state index in [0.717, 1.165) is 4.68 Å². The van der Waals surface area contributed by atoms with Gasteiger partial charge in [-0.1, -0.05) is 11.6 Å². The van der Waals surface area contributed by atoms with Gasteiger partial charge in [-0.15, -0.1) is 11.6 Å². The Bertz CT molecular complexity index is 283. The van der Waals surface area contributed by atoms with E-state index < -0.39 is 0 Å². The molecule has 54 valence electrons. The molecule has 0 aliphatic carbocycles. The van der Waals surface area contributed by atoms with E-state index in [2.05, 4.69) is 5.10 Å². The highest BCUT2D eigenvalue weighted by Gasteiger charge is 1.94. The molecule has 0 unspecified atom stereocenters. The van der Waals surface area contributed by atoms with Crippen LogP contribution in [0, 0.1) is 0 Å². The molecule has 0 fully saturated rings. The van der Waals surface area contributed by atoms with Crippen molar-refractivity contribution in [3.63, 3.8) is 0 Å². The van der Waals surface area contributed by atoms with Gasteiger partial charge in [-0.05, 0) is 0 Å². The molecular formula is C5H4Cl2N2O. The topological polar surface area (TPSA) is 34.9 Å².